The lowest BCUT2D eigenvalue weighted by atomic mass is 9.96. The maximum atomic E-state index is 12.5. The van der Waals surface area contributed by atoms with Crippen molar-refractivity contribution in [3.63, 3.8) is 0 Å². The fourth-order valence-corrected chi connectivity index (χ4v) is 2.50. The lowest BCUT2D eigenvalue weighted by molar-refractivity contribution is 0.0600. The van der Waals surface area contributed by atoms with Gasteiger partial charge in [-0.1, -0.05) is 27.2 Å². The summed E-state index contributed by atoms with van der Waals surface area (Å²) in [5.41, 5.74) is 3.01. The summed E-state index contributed by atoms with van der Waals surface area (Å²) in [6.07, 6.45) is 1.77. The molecule has 4 nitrogen and oxygen atoms in total. The van der Waals surface area contributed by atoms with E-state index < -0.39 is 5.97 Å². The zero-order chi connectivity index (χ0) is 15.6. The van der Waals surface area contributed by atoms with Crippen molar-refractivity contribution in [2.45, 2.75) is 33.6 Å². The minimum atomic E-state index is -0.391. The van der Waals surface area contributed by atoms with E-state index in [9.17, 15) is 9.59 Å². The lowest BCUT2D eigenvalue weighted by Gasteiger charge is -2.06. The van der Waals surface area contributed by atoms with Gasteiger partial charge in [-0.3, -0.25) is 4.79 Å². The van der Waals surface area contributed by atoms with Crippen LogP contribution in [-0.2, 0) is 11.2 Å². The molecule has 0 bridgehead atoms. The van der Waals surface area contributed by atoms with Crippen LogP contribution in [0.5, 0.6) is 0 Å². The first-order chi connectivity index (χ1) is 9.99. The van der Waals surface area contributed by atoms with E-state index in [4.69, 9.17) is 4.74 Å². The third-order valence-electron chi connectivity index (χ3n) is 3.57. The Morgan fingerprint density at radius 3 is 2.57 bits per heavy atom. The Hall–Kier alpha value is -2.10. The molecule has 0 saturated carbocycles. The van der Waals surface area contributed by atoms with Crippen molar-refractivity contribution in [3.8, 4) is 0 Å². The van der Waals surface area contributed by atoms with Gasteiger partial charge in [0.15, 0.2) is 5.78 Å². The second kappa shape index (κ2) is 6.12. The van der Waals surface area contributed by atoms with Gasteiger partial charge < -0.3 is 9.72 Å². The number of nitrogens with one attached hydrogen (secondary N) is 1. The van der Waals surface area contributed by atoms with Crippen molar-refractivity contribution in [1.29, 1.82) is 0 Å². The average Bonchev–Trinajstić information content (AvgIpc) is 2.82. The molecule has 0 unspecified atom stereocenters. The number of rotatable bonds is 5. The molecule has 1 heterocycles. The van der Waals surface area contributed by atoms with Crippen molar-refractivity contribution in [2.75, 3.05) is 7.11 Å². The number of carbonyl (C=O) groups is 2. The number of hydrogen-bond acceptors (Lipinski definition) is 3. The molecule has 0 spiro atoms. The van der Waals surface area contributed by atoms with E-state index in [1.165, 1.54) is 7.11 Å². The number of fused-ring (bicyclic) bond motifs is 1. The molecule has 1 N–H and O–H groups in total. The standard InChI is InChI=1S/C17H21NO3/c1-5-6-14-15(16(19)10(2)3)12-9-11(17(20)21-4)7-8-13(12)18-14/h7-10,18H,5-6H2,1-4H3. The Labute approximate surface area is 124 Å². The van der Waals surface area contributed by atoms with E-state index in [1.807, 2.05) is 19.9 Å². The fraction of sp³-hybridized carbons (Fsp3) is 0.412. The molecule has 1 aromatic carbocycles. The van der Waals surface area contributed by atoms with Gasteiger partial charge in [-0.2, -0.15) is 0 Å². The van der Waals surface area contributed by atoms with Crippen molar-refractivity contribution in [2.24, 2.45) is 5.92 Å². The predicted molar refractivity (Wildman–Crippen MR) is 82.8 cm³/mol. The summed E-state index contributed by atoms with van der Waals surface area (Å²) in [6, 6.07) is 5.29. The molecule has 0 amide bonds. The molecule has 0 aliphatic rings. The Balaban J connectivity index is 2.67. The smallest absolute Gasteiger partial charge is 0.337 e. The molecule has 0 aliphatic heterocycles. The van der Waals surface area contributed by atoms with Crippen LogP contribution < -0.4 is 0 Å². The molecule has 21 heavy (non-hydrogen) atoms. The number of carbonyl (C=O) groups excluding carboxylic acids is 2. The van der Waals surface area contributed by atoms with Gasteiger partial charge >= 0.3 is 5.97 Å². The third kappa shape index (κ3) is 2.84. The van der Waals surface area contributed by atoms with E-state index >= 15 is 0 Å². The zero-order valence-electron chi connectivity index (χ0n) is 12.9. The zero-order valence-corrected chi connectivity index (χ0v) is 12.9. The van der Waals surface area contributed by atoms with Crippen LogP contribution in [0.15, 0.2) is 18.2 Å². The normalized spacial score (nSPS) is 11.1. The van der Waals surface area contributed by atoms with Gasteiger partial charge in [-0.15, -0.1) is 0 Å². The Morgan fingerprint density at radius 2 is 2.00 bits per heavy atom. The number of H-pyrrole nitrogens is 1. The summed E-state index contributed by atoms with van der Waals surface area (Å²) >= 11 is 0. The fourth-order valence-electron chi connectivity index (χ4n) is 2.50. The Bertz CT molecular complexity index is 683. The first kappa shape index (κ1) is 15.3. The summed E-state index contributed by atoms with van der Waals surface area (Å²) in [7, 11) is 1.35. The summed E-state index contributed by atoms with van der Waals surface area (Å²) in [6.45, 7) is 5.86. The van der Waals surface area contributed by atoms with E-state index in [-0.39, 0.29) is 11.7 Å². The number of aryl methyl sites for hydroxylation is 1. The van der Waals surface area contributed by atoms with Gasteiger partial charge in [0.25, 0.3) is 0 Å². The molecule has 0 aliphatic carbocycles. The highest BCUT2D eigenvalue weighted by Gasteiger charge is 2.21. The van der Waals surface area contributed by atoms with Crippen LogP contribution in [0, 0.1) is 5.92 Å². The number of benzene rings is 1. The maximum absolute atomic E-state index is 12.5. The first-order valence-electron chi connectivity index (χ1n) is 7.26. The molecular formula is C17H21NO3. The second-order valence-electron chi connectivity index (χ2n) is 5.50. The molecule has 0 fully saturated rings. The molecular weight excluding hydrogens is 266 g/mol. The van der Waals surface area contributed by atoms with Crippen molar-refractivity contribution < 1.29 is 14.3 Å². The maximum Gasteiger partial charge on any atom is 0.337 e. The SMILES string of the molecule is CCCc1[nH]c2ccc(C(=O)OC)cc2c1C(=O)C(C)C. The van der Waals surface area contributed by atoms with Gasteiger partial charge in [-0.25, -0.2) is 4.79 Å². The van der Waals surface area contributed by atoms with Crippen LogP contribution >= 0.6 is 0 Å². The number of aromatic amines is 1. The topological polar surface area (TPSA) is 59.2 Å². The van der Waals surface area contributed by atoms with E-state index in [1.54, 1.807) is 12.1 Å². The monoisotopic (exact) mass is 287 g/mol. The van der Waals surface area contributed by atoms with Crippen molar-refractivity contribution in [1.82, 2.24) is 4.98 Å². The molecule has 0 saturated heterocycles. The van der Waals surface area contributed by atoms with Gasteiger partial charge in [0.05, 0.1) is 12.7 Å². The van der Waals surface area contributed by atoms with Crippen molar-refractivity contribution >= 4 is 22.7 Å². The number of hydrogen-bond donors (Lipinski definition) is 1. The third-order valence-corrected chi connectivity index (χ3v) is 3.57. The Kier molecular flexibility index (Phi) is 4.46. The molecule has 0 radical (unpaired) electrons. The van der Waals surface area contributed by atoms with Gasteiger partial charge in [0.2, 0.25) is 0 Å². The van der Waals surface area contributed by atoms with Crippen LogP contribution in [0.4, 0.5) is 0 Å². The second-order valence-corrected chi connectivity index (χ2v) is 5.50. The van der Waals surface area contributed by atoms with Gasteiger partial charge in [0, 0.05) is 28.1 Å². The molecule has 2 rings (SSSR count). The van der Waals surface area contributed by atoms with E-state index in [2.05, 4.69) is 11.9 Å². The van der Waals surface area contributed by atoms with Gasteiger partial charge in [0.1, 0.15) is 0 Å². The van der Waals surface area contributed by atoms with Crippen LogP contribution in [0.1, 0.15) is 53.6 Å². The van der Waals surface area contributed by atoms with Gasteiger partial charge in [-0.05, 0) is 24.6 Å². The summed E-state index contributed by atoms with van der Waals surface area (Å²) < 4.78 is 4.75. The molecule has 1 aromatic heterocycles. The largest absolute Gasteiger partial charge is 0.465 e. The number of methoxy groups -OCH3 is 1. The number of ketones is 1. The summed E-state index contributed by atoms with van der Waals surface area (Å²) in [5.74, 6) is -0.369. The molecule has 2 aromatic rings. The van der Waals surface area contributed by atoms with Crippen LogP contribution in [0.2, 0.25) is 0 Å². The highest BCUT2D eigenvalue weighted by molar-refractivity contribution is 6.11. The molecule has 0 atom stereocenters. The van der Waals surface area contributed by atoms with E-state index in [0.29, 0.717) is 11.1 Å². The highest BCUT2D eigenvalue weighted by Crippen LogP contribution is 2.27. The lowest BCUT2D eigenvalue weighted by Crippen LogP contribution is -2.10. The molecule has 112 valence electrons. The van der Waals surface area contributed by atoms with Crippen LogP contribution in [-0.4, -0.2) is 23.8 Å². The summed E-state index contributed by atoms with van der Waals surface area (Å²) in [5, 5.41) is 0.806. The average molecular weight is 287 g/mol. The number of Topliss-reactive ketones (excluding diaryl/α,β-unsaturated/α-hetero) is 1. The highest BCUT2D eigenvalue weighted by atomic mass is 16.5. The number of esters is 1. The van der Waals surface area contributed by atoms with Crippen LogP contribution in [0.3, 0.4) is 0 Å². The Morgan fingerprint density at radius 1 is 1.29 bits per heavy atom. The predicted octanol–water partition coefficient (Wildman–Crippen LogP) is 3.75. The minimum absolute atomic E-state index is 0.0820. The van der Waals surface area contributed by atoms with Crippen LogP contribution in [0.25, 0.3) is 10.9 Å². The first-order valence-corrected chi connectivity index (χ1v) is 7.26. The molecule has 4 heteroatoms. The van der Waals surface area contributed by atoms with E-state index in [0.717, 1.165) is 29.4 Å². The number of aromatic nitrogens is 1. The number of ether oxygens (including phenoxy) is 1. The van der Waals surface area contributed by atoms with Crippen molar-refractivity contribution in [3.05, 3.63) is 35.0 Å². The summed E-state index contributed by atoms with van der Waals surface area (Å²) in [4.78, 5) is 27.5. The quantitative estimate of drug-likeness (QED) is 0.673. The minimum Gasteiger partial charge on any atom is -0.465 e.